The van der Waals surface area contributed by atoms with Crippen molar-refractivity contribution in [3.63, 3.8) is 0 Å². The summed E-state index contributed by atoms with van der Waals surface area (Å²) in [6, 6.07) is 13.5. The Bertz CT molecular complexity index is 885. The van der Waals surface area contributed by atoms with E-state index < -0.39 is 0 Å². The predicted molar refractivity (Wildman–Crippen MR) is 110 cm³/mol. The lowest BCUT2D eigenvalue weighted by molar-refractivity contribution is 0.0577. The third-order valence-corrected chi connectivity index (χ3v) is 6.03. The number of benzene rings is 2. The molecule has 5 nitrogen and oxygen atoms in total. The summed E-state index contributed by atoms with van der Waals surface area (Å²) in [4.78, 5) is 27.5. The molecule has 2 bridgehead atoms. The van der Waals surface area contributed by atoms with Gasteiger partial charge in [0.1, 0.15) is 5.82 Å². The van der Waals surface area contributed by atoms with E-state index in [9.17, 15) is 14.0 Å². The van der Waals surface area contributed by atoms with E-state index in [2.05, 4.69) is 10.6 Å². The number of anilines is 1. The smallest absolute Gasteiger partial charge is 0.322 e. The van der Waals surface area contributed by atoms with Crippen molar-refractivity contribution in [2.75, 3.05) is 5.32 Å². The second kappa shape index (κ2) is 8.23. The van der Waals surface area contributed by atoms with E-state index in [0.717, 1.165) is 37.7 Å². The number of hydrogen-bond donors (Lipinski definition) is 2. The van der Waals surface area contributed by atoms with Crippen LogP contribution in [0.2, 0.25) is 0 Å². The minimum atomic E-state index is -0.329. The van der Waals surface area contributed by atoms with E-state index in [4.69, 9.17) is 0 Å². The first-order valence-corrected chi connectivity index (χ1v) is 10.2. The fourth-order valence-electron chi connectivity index (χ4n) is 4.64. The second-order valence-corrected chi connectivity index (χ2v) is 8.04. The SMILES string of the molecule is Cc1ccccc1C(=O)NC1C[C@@H]2CCC[C@@H](C1)N2C(=O)Nc1ccc(F)cc1. The zero-order valence-corrected chi connectivity index (χ0v) is 16.5. The Morgan fingerprint density at radius 1 is 1.00 bits per heavy atom. The van der Waals surface area contributed by atoms with Crippen LogP contribution in [0, 0.1) is 12.7 Å². The number of nitrogens with zero attached hydrogens (tertiary/aromatic N) is 1. The van der Waals surface area contributed by atoms with Gasteiger partial charge in [-0.05, 0) is 74.9 Å². The minimum Gasteiger partial charge on any atom is -0.349 e. The number of halogens is 1. The Labute approximate surface area is 170 Å². The number of rotatable bonds is 3. The van der Waals surface area contributed by atoms with Crippen LogP contribution in [0.5, 0.6) is 0 Å². The van der Waals surface area contributed by atoms with Crippen molar-refractivity contribution in [3.8, 4) is 0 Å². The molecule has 2 heterocycles. The Hall–Kier alpha value is -2.89. The summed E-state index contributed by atoms with van der Waals surface area (Å²) >= 11 is 0. The maximum atomic E-state index is 13.1. The summed E-state index contributed by atoms with van der Waals surface area (Å²) in [5.41, 5.74) is 2.25. The number of hydrogen-bond acceptors (Lipinski definition) is 2. The number of fused-ring (bicyclic) bond motifs is 2. The summed E-state index contributed by atoms with van der Waals surface area (Å²) in [6.07, 6.45) is 4.47. The Balaban J connectivity index is 1.42. The topological polar surface area (TPSA) is 61.4 Å². The van der Waals surface area contributed by atoms with E-state index in [0.29, 0.717) is 11.3 Å². The first kappa shape index (κ1) is 19.4. The van der Waals surface area contributed by atoms with Crippen molar-refractivity contribution < 1.29 is 14.0 Å². The maximum Gasteiger partial charge on any atom is 0.322 e. The van der Waals surface area contributed by atoms with Gasteiger partial charge in [-0.3, -0.25) is 4.79 Å². The molecule has 0 spiro atoms. The molecule has 2 fully saturated rings. The number of piperidine rings is 2. The van der Waals surface area contributed by atoms with Crippen molar-refractivity contribution in [1.82, 2.24) is 10.2 Å². The van der Waals surface area contributed by atoms with E-state index in [1.165, 1.54) is 12.1 Å². The minimum absolute atomic E-state index is 0.0459. The van der Waals surface area contributed by atoms with Crippen LogP contribution < -0.4 is 10.6 Å². The molecule has 2 aliphatic heterocycles. The molecule has 2 aromatic rings. The van der Waals surface area contributed by atoms with Crippen molar-refractivity contribution >= 4 is 17.6 Å². The number of aryl methyl sites for hydroxylation is 1. The molecule has 0 unspecified atom stereocenters. The summed E-state index contributed by atoms with van der Waals surface area (Å²) in [5, 5.41) is 6.07. The molecule has 6 heteroatoms. The van der Waals surface area contributed by atoms with Gasteiger partial charge < -0.3 is 15.5 Å². The Morgan fingerprint density at radius 2 is 1.66 bits per heavy atom. The first-order valence-electron chi connectivity index (χ1n) is 10.2. The third kappa shape index (κ3) is 4.26. The van der Waals surface area contributed by atoms with Gasteiger partial charge in [0.25, 0.3) is 5.91 Å². The molecule has 0 aliphatic carbocycles. The van der Waals surface area contributed by atoms with Crippen LogP contribution in [-0.2, 0) is 0 Å². The van der Waals surface area contributed by atoms with Crippen LogP contribution >= 0.6 is 0 Å². The molecule has 2 N–H and O–H groups in total. The highest BCUT2D eigenvalue weighted by Crippen LogP contribution is 2.34. The zero-order chi connectivity index (χ0) is 20.4. The second-order valence-electron chi connectivity index (χ2n) is 8.04. The molecule has 2 aliphatic rings. The highest BCUT2D eigenvalue weighted by molar-refractivity contribution is 5.95. The molecule has 2 saturated heterocycles. The summed E-state index contributed by atoms with van der Waals surface area (Å²) in [6.45, 7) is 1.94. The zero-order valence-electron chi connectivity index (χ0n) is 16.5. The fraction of sp³-hybridized carbons (Fsp3) is 0.391. The molecule has 29 heavy (non-hydrogen) atoms. The van der Waals surface area contributed by atoms with Gasteiger partial charge in [0.15, 0.2) is 0 Å². The Kier molecular flexibility index (Phi) is 5.51. The molecular formula is C23H26FN3O2. The van der Waals surface area contributed by atoms with Gasteiger partial charge in [0.2, 0.25) is 0 Å². The van der Waals surface area contributed by atoms with Gasteiger partial charge >= 0.3 is 6.03 Å². The van der Waals surface area contributed by atoms with Crippen LogP contribution in [0.3, 0.4) is 0 Å². The number of amides is 3. The number of carbonyl (C=O) groups excluding carboxylic acids is 2. The molecule has 4 rings (SSSR count). The van der Waals surface area contributed by atoms with Gasteiger partial charge in [-0.2, -0.15) is 0 Å². The quantitative estimate of drug-likeness (QED) is 0.805. The molecule has 152 valence electrons. The summed E-state index contributed by atoms with van der Waals surface area (Å²) < 4.78 is 13.1. The van der Waals surface area contributed by atoms with Crippen LogP contribution in [0.15, 0.2) is 48.5 Å². The number of nitrogens with one attached hydrogen (secondary N) is 2. The predicted octanol–water partition coefficient (Wildman–Crippen LogP) is 4.48. The lowest BCUT2D eigenvalue weighted by atomic mass is 9.82. The molecule has 0 aromatic heterocycles. The van der Waals surface area contributed by atoms with Gasteiger partial charge in [0.05, 0.1) is 0 Å². The third-order valence-electron chi connectivity index (χ3n) is 6.03. The van der Waals surface area contributed by atoms with Crippen LogP contribution in [0.25, 0.3) is 0 Å². The van der Waals surface area contributed by atoms with Crippen molar-refractivity contribution in [1.29, 1.82) is 0 Å². The van der Waals surface area contributed by atoms with Gasteiger partial charge in [0, 0.05) is 29.4 Å². The first-order chi connectivity index (χ1) is 14.0. The average molecular weight is 395 g/mol. The molecule has 2 atom stereocenters. The number of urea groups is 1. The molecule has 3 amide bonds. The lowest BCUT2D eigenvalue weighted by Gasteiger charge is -2.48. The maximum absolute atomic E-state index is 13.1. The van der Waals surface area contributed by atoms with E-state index in [1.807, 2.05) is 36.1 Å². The highest BCUT2D eigenvalue weighted by atomic mass is 19.1. The van der Waals surface area contributed by atoms with Crippen LogP contribution in [0.4, 0.5) is 14.9 Å². The van der Waals surface area contributed by atoms with Crippen LogP contribution in [-0.4, -0.2) is 35.0 Å². The van der Waals surface area contributed by atoms with Crippen molar-refractivity contribution in [2.45, 2.75) is 57.2 Å². The summed E-state index contributed by atoms with van der Waals surface area (Å²) in [5.74, 6) is -0.375. The normalized spacial score (nSPS) is 23.4. The van der Waals surface area contributed by atoms with Gasteiger partial charge in [-0.15, -0.1) is 0 Å². The van der Waals surface area contributed by atoms with Gasteiger partial charge in [-0.25, -0.2) is 9.18 Å². The van der Waals surface area contributed by atoms with Gasteiger partial charge in [-0.1, -0.05) is 18.2 Å². The fourth-order valence-corrected chi connectivity index (χ4v) is 4.64. The van der Waals surface area contributed by atoms with E-state index in [-0.39, 0.29) is 35.9 Å². The standard InChI is InChI=1S/C23H26FN3O2/c1-15-5-2-3-8-21(15)22(28)25-18-13-19-6-4-7-20(14-18)27(19)23(29)26-17-11-9-16(24)10-12-17/h2-3,5,8-12,18-20H,4,6-7,13-14H2,1H3,(H,25,28)(H,26,29)/t19-,20-/m0/s1. The van der Waals surface area contributed by atoms with Crippen LogP contribution in [0.1, 0.15) is 48.0 Å². The molecule has 0 saturated carbocycles. The summed E-state index contributed by atoms with van der Waals surface area (Å²) in [7, 11) is 0. The Morgan fingerprint density at radius 3 is 2.31 bits per heavy atom. The lowest BCUT2D eigenvalue weighted by Crippen LogP contribution is -2.59. The average Bonchev–Trinajstić information content (AvgIpc) is 2.69. The van der Waals surface area contributed by atoms with E-state index >= 15 is 0 Å². The van der Waals surface area contributed by atoms with E-state index in [1.54, 1.807) is 12.1 Å². The molecule has 2 aromatic carbocycles. The molecule has 0 radical (unpaired) electrons. The largest absolute Gasteiger partial charge is 0.349 e. The van der Waals surface area contributed by atoms with Crippen molar-refractivity contribution in [3.05, 3.63) is 65.5 Å². The number of carbonyl (C=O) groups is 2. The molecular weight excluding hydrogens is 369 g/mol. The monoisotopic (exact) mass is 395 g/mol. The van der Waals surface area contributed by atoms with Crippen molar-refractivity contribution in [2.24, 2.45) is 0 Å². The highest BCUT2D eigenvalue weighted by Gasteiger charge is 2.41.